The van der Waals surface area contributed by atoms with Crippen LogP contribution in [-0.2, 0) is 0 Å². The van der Waals surface area contributed by atoms with Crippen molar-refractivity contribution in [2.45, 2.75) is 65.1 Å². The van der Waals surface area contributed by atoms with Gasteiger partial charge in [0, 0.05) is 63.4 Å². The molecule has 2 rings (SSSR count). The first-order chi connectivity index (χ1) is 11.3. The van der Waals surface area contributed by atoms with E-state index >= 15 is 0 Å². The average molecular weight is 357 g/mol. The number of hydrogen-bond acceptors (Lipinski definition) is 5. The molecule has 1 atom stereocenters. The lowest BCUT2D eigenvalue weighted by Gasteiger charge is -2.46. The van der Waals surface area contributed by atoms with E-state index in [1.165, 1.54) is 65.2 Å². The first kappa shape index (κ1) is 20.5. The zero-order chi connectivity index (χ0) is 17.7. The molecule has 0 saturated carbocycles. The van der Waals surface area contributed by atoms with Crippen molar-refractivity contribution >= 4 is 11.9 Å². The van der Waals surface area contributed by atoms with Gasteiger partial charge < -0.3 is 0 Å². The molecule has 0 amide bonds. The Morgan fingerprint density at radius 1 is 0.917 bits per heavy atom. The van der Waals surface area contributed by atoms with Gasteiger partial charge in [-0.1, -0.05) is 11.9 Å². The van der Waals surface area contributed by atoms with Crippen molar-refractivity contribution in [3.63, 3.8) is 0 Å². The lowest BCUT2D eigenvalue weighted by atomic mass is 9.99. The van der Waals surface area contributed by atoms with Crippen molar-refractivity contribution in [3.8, 4) is 0 Å². The summed E-state index contributed by atoms with van der Waals surface area (Å²) in [5, 5.41) is 0. The van der Waals surface area contributed by atoms with Gasteiger partial charge in [0.1, 0.15) is 0 Å². The highest BCUT2D eigenvalue weighted by Gasteiger charge is 2.33. The van der Waals surface area contributed by atoms with Crippen LogP contribution in [0.2, 0.25) is 0 Å². The van der Waals surface area contributed by atoms with Gasteiger partial charge in [-0.25, -0.2) is 4.31 Å². The highest BCUT2D eigenvalue weighted by atomic mass is 32.2. The van der Waals surface area contributed by atoms with E-state index in [-0.39, 0.29) is 0 Å². The minimum Gasteiger partial charge on any atom is -0.298 e. The van der Waals surface area contributed by atoms with Crippen LogP contribution >= 0.6 is 11.9 Å². The van der Waals surface area contributed by atoms with Crippen LogP contribution in [0.4, 0.5) is 0 Å². The van der Waals surface area contributed by atoms with Gasteiger partial charge in [0.15, 0.2) is 0 Å². The van der Waals surface area contributed by atoms with Crippen molar-refractivity contribution in [2.75, 3.05) is 58.6 Å². The number of hydrogen-bond donors (Lipinski definition) is 0. The SMILES string of the molecule is CSN1CCN(CCCC(C)N2CCN(C(C)C)CC2)C(C)(C)C1. The van der Waals surface area contributed by atoms with E-state index in [0.717, 1.165) is 6.04 Å². The second kappa shape index (κ2) is 9.22. The molecule has 0 N–H and O–H groups in total. The number of piperazine rings is 2. The second-order valence-corrected chi connectivity index (χ2v) is 9.38. The van der Waals surface area contributed by atoms with Gasteiger partial charge in [-0.05, 0) is 60.3 Å². The van der Waals surface area contributed by atoms with Crippen molar-refractivity contribution in [1.82, 2.24) is 19.0 Å². The molecule has 4 nitrogen and oxygen atoms in total. The van der Waals surface area contributed by atoms with Crippen LogP contribution in [0.5, 0.6) is 0 Å². The lowest BCUT2D eigenvalue weighted by Crippen LogP contribution is -2.57. The minimum atomic E-state index is 0.313. The Bertz CT molecular complexity index is 366. The van der Waals surface area contributed by atoms with Crippen molar-refractivity contribution in [3.05, 3.63) is 0 Å². The monoisotopic (exact) mass is 356 g/mol. The summed E-state index contributed by atoms with van der Waals surface area (Å²) in [5.41, 5.74) is 0.313. The van der Waals surface area contributed by atoms with E-state index < -0.39 is 0 Å². The molecular weight excluding hydrogens is 316 g/mol. The summed E-state index contributed by atoms with van der Waals surface area (Å²) in [7, 11) is 0. The van der Waals surface area contributed by atoms with Gasteiger partial charge >= 0.3 is 0 Å². The smallest absolute Gasteiger partial charge is 0.0290 e. The van der Waals surface area contributed by atoms with Gasteiger partial charge in [-0.3, -0.25) is 14.7 Å². The third-order valence-corrected chi connectivity index (χ3v) is 6.88. The van der Waals surface area contributed by atoms with Crippen LogP contribution in [0.1, 0.15) is 47.5 Å². The average Bonchev–Trinajstić information content (AvgIpc) is 2.55. The van der Waals surface area contributed by atoms with Crippen LogP contribution in [0, 0.1) is 0 Å². The molecule has 0 spiro atoms. The maximum Gasteiger partial charge on any atom is 0.0290 e. The van der Waals surface area contributed by atoms with E-state index in [1.807, 2.05) is 11.9 Å². The minimum absolute atomic E-state index is 0.313. The fourth-order valence-corrected chi connectivity index (χ4v) is 4.88. The summed E-state index contributed by atoms with van der Waals surface area (Å²) in [6.45, 7) is 21.7. The van der Waals surface area contributed by atoms with E-state index in [9.17, 15) is 0 Å². The zero-order valence-corrected chi connectivity index (χ0v) is 17.7. The molecular formula is C19H40N4S. The molecule has 142 valence electrons. The zero-order valence-electron chi connectivity index (χ0n) is 16.9. The largest absolute Gasteiger partial charge is 0.298 e. The maximum absolute atomic E-state index is 2.71. The summed E-state index contributed by atoms with van der Waals surface area (Å²) < 4.78 is 2.51. The van der Waals surface area contributed by atoms with Gasteiger partial charge in [0.2, 0.25) is 0 Å². The van der Waals surface area contributed by atoms with Crippen LogP contribution in [0.15, 0.2) is 0 Å². The van der Waals surface area contributed by atoms with Crippen LogP contribution < -0.4 is 0 Å². The fraction of sp³-hybridized carbons (Fsp3) is 1.00. The topological polar surface area (TPSA) is 13.0 Å². The standard InChI is InChI=1S/C19H40N4S/c1-17(2)20-10-12-21(13-11-20)18(3)8-7-9-22-14-15-23(24-6)16-19(22,4)5/h17-18H,7-16H2,1-6H3. The van der Waals surface area contributed by atoms with Crippen molar-refractivity contribution in [1.29, 1.82) is 0 Å². The Hall–Kier alpha value is 0.190. The molecule has 2 fully saturated rings. The second-order valence-electron chi connectivity index (χ2n) is 8.50. The summed E-state index contributed by atoms with van der Waals surface area (Å²) in [6.07, 6.45) is 4.86. The summed E-state index contributed by atoms with van der Waals surface area (Å²) >= 11 is 1.90. The maximum atomic E-state index is 2.71. The molecule has 1 unspecified atom stereocenters. The Balaban J connectivity index is 1.68. The molecule has 2 aliphatic heterocycles. The highest BCUT2D eigenvalue weighted by molar-refractivity contribution is 7.96. The Kier molecular flexibility index (Phi) is 7.88. The fourth-order valence-electron chi connectivity index (χ4n) is 4.17. The molecule has 0 aliphatic carbocycles. The van der Waals surface area contributed by atoms with Crippen molar-refractivity contribution < 1.29 is 0 Å². The van der Waals surface area contributed by atoms with Gasteiger partial charge in [-0.15, -0.1) is 0 Å². The molecule has 2 heterocycles. The van der Waals surface area contributed by atoms with Crippen LogP contribution in [-0.4, -0.2) is 95.2 Å². The molecule has 0 radical (unpaired) electrons. The first-order valence-electron chi connectivity index (χ1n) is 9.85. The molecule has 5 heteroatoms. The van der Waals surface area contributed by atoms with E-state index in [0.29, 0.717) is 11.6 Å². The summed E-state index contributed by atoms with van der Waals surface area (Å²) in [5.74, 6) is 0. The van der Waals surface area contributed by atoms with E-state index in [1.54, 1.807) is 0 Å². The highest BCUT2D eigenvalue weighted by Crippen LogP contribution is 2.25. The van der Waals surface area contributed by atoms with Crippen LogP contribution in [0.25, 0.3) is 0 Å². The number of nitrogens with zero attached hydrogens (tertiary/aromatic N) is 4. The molecule has 2 aliphatic rings. The van der Waals surface area contributed by atoms with E-state index in [4.69, 9.17) is 0 Å². The Labute approximate surface area is 155 Å². The lowest BCUT2D eigenvalue weighted by molar-refractivity contribution is 0.0501. The molecule has 0 aromatic rings. The molecule has 24 heavy (non-hydrogen) atoms. The molecule has 0 aromatic heterocycles. The van der Waals surface area contributed by atoms with Crippen LogP contribution in [0.3, 0.4) is 0 Å². The summed E-state index contributed by atoms with van der Waals surface area (Å²) in [6, 6.07) is 1.43. The Morgan fingerprint density at radius 2 is 1.54 bits per heavy atom. The molecule has 2 saturated heterocycles. The quantitative estimate of drug-likeness (QED) is 0.649. The third kappa shape index (κ3) is 5.60. The van der Waals surface area contributed by atoms with Crippen molar-refractivity contribution in [2.24, 2.45) is 0 Å². The predicted octanol–water partition coefficient (Wildman–Crippen LogP) is 2.86. The Morgan fingerprint density at radius 3 is 2.08 bits per heavy atom. The molecule has 0 bridgehead atoms. The van der Waals surface area contributed by atoms with E-state index in [2.05, 4.69) is 59.9 Å². The van der Waals surface area contributed by atoms with Gasteiger partial charge in [0.05, 0.1) is 0 Å². The first-order valence-corrected chi connectivity index (χ1v) is 11.0. The third-order valence-electron chi connectivity index (χ3n) is 6.05. The normalized spacial score (nSPS) is 26.1. The van der Waals surface area contributed by atoms with Gasteiger partial charge in [0.25, 0.3) is 0 Å². The predicted molar refractivity (Wildman–Crippen MR) is 108 cm³/mol. The number of rotatable bonds is 7. The van der Waals surface area contributed by atoms with Gasteiger partial charge in [-0.2, -0.15) is 0 Å². The molecule has 0 aromatic carbocycles. The summed E-state index contributed by atoms with van der Waals surface area (Å²) in [4.78, 5) is 8.02.